The first-order chi connectivity index (χ1) is 23.7. The predicted octanol–water partition coefficient (Wildman–Crippen LogP) is 9.98. The number of nitrogens with zero attached hydrogens (tertiary/aromatic N) is 3. The molecule has 0 saturated heterocycles. The number of hydrogen-bond acceptors (Lipinski definition) is 3. The van der Waals surface area contributed by atoms with E-state index in [0.717, 1.165) is 55.1 Å². The monoisotopic (exact) mass is 613 g/mol. The van der Waals surface area contributed by atoms with Crippen LogP contribution in [0.5, 0.6) is 0 Å². The molecule has 0 unspecified atom stereocenters. The van der Waals surface area contributed by atoms with Gasteiger partial charge in [0.25, 0.3) is 5.56 Å². The summed E-state index contributed by atoms with van der Waals surface area (Å²) in [5, 5.41) is 14.0. The van der Waals surface area contributed by atoms with Crippen LogP contribution in [0.15, 0.2) is 163 Å². The van der Waals surface area contributed by atoms with Crippen molar-refractivity contribution in [2.75, 3.05) is 0 Å². The fourth-order valence-corrected chi connectivity index (χ4v) is 7.40. The van der Waals surface area contributed by atoms with Crippen LogP contribution in [0.25, 0.3) is 60.5 Å². The molecule has 0 atom stereocenters. The lowest BCUT2D eigenvalue weighted by molar-refractivity contribution is 0.973. The van der Waals surface area contributed by atoms with Crippen LogP contribution in [-0.2, 0) is 0 Å². The molecule has 0 N–H and O–H groups in total. The molecule has 224 valence electrons. The molecule has 4 heteroatoms. The third-order valence-corrected chi connectivity index (χ3v) is 9.53. The molecule has 0 aliphatic heterocycles. The van der Waals surface area contributed by atoms with E-state index < -0.39 is 0 Å². The van der Waals surface area contributed by atoms with E-state index in [1.807, 2.05) is 91.0 Å². The van der Waals surface area contributed by atoms with Gasteiger partial charge in [-0.3, -0.25) is 9.20 Å². The van der Waals surface area contributed by atoms with E-state index in [1.54, 1.807) is 4.40 Å². The second-order valence-corrected chi connectivity index (χ2v) is 12.2. The third kappa shape index (κ3) is 4.22. The van der Waals surface area contributed by atoms with Gasteiger partial charge in [0.15, 0.2) is 0 Å². The minimum absolute atomic E-state index is 0.144. The molecular formula is C44H27N3O. The van der Waals surface area contributed by atoms with Gasteiger partial charge < -0.3 is 0 Å². The summed E-state index contributed by atoms with van der Waals surface area (Å²) in [5.41, 5.74) is 9.60. The Balaban J connectivity index is 1.38. The molecule has 0 aliphatic rings. The van der Waals surface area contributed by atoms with Gasteiger partial charge in [-0.15, -0.1) is 0 Å². The van der Waals surface area contributed by atoms with Gasteiger partial charge in [0.2, 0.25) is 0 Å². The van der Waals surface area contributed by atoms with E-state index in [2.05, 4.69) is 72.8 Å². The Hall–Kier alpha value is -6.57. The maximum Gasteiger partial charge on any atom is 0.264 e. The number of fused-ring (bicyclic) bond motifs is 4. The van der Waals surface area contributed by atoms with Crippen LogP contribution in [0, 0.1) is 11.3 Å². The SMILES string of the molecule is N#Cc1cc2c(cc1C(c1ccccc1)c1ccccc1)nc1c3ccc(-c4ccccc4)c4c(-c5ccccc5)ccc(c(=O)n21)c43. The summed E-state index contributed by atoms with van der Waals surface area (Å²) in [7, 11) is 0. The van der Waals surface area contributed by atoms with Crippen LogP contribution < -0.4 is 5.56 Å². The Morgan fingerprint density at radius 2 is 1.10 bits per heavy atom. The van der Waals surface area contributed by atoms with Crippen molar-refractivity contribution in [3.8, 4) is 28.3 Å². The molecule has 0 saturated carbocycles. The molecule has 2 heterocycles. The Kier molecular flexibility index (Phi) is 6.38. The zero-order valence-electron chi connectivity index (χ0n) is 25.8. The first-order valence-corrected chi connectivity index (χ1v) is 16.0. The van der Waals surface area contributed by atoms with Crippen molar-refractivity contribution in [2.45, 2.75) is 5.92 Å². The number of nitriles is 1. The van der Waals surface area contributed by atoms with Gasteiger partial charge in [-0.25, -0.2) is 4.98 Å². The van der Waals surface area contributed by atoms with Crippen LogP contribution in [0.1, 0.15) is 28.2 Å². The summed E-state index contributed by atoms with van der Waals surface area (Å²) >= 11 is 0. The normalized spacial score (nSPS) is 11.6. The lowest BCUT2D eigenvalue weighted by atomic mass is 9.83. The topological polar surface area (TPSA) is 58.2 Å². The second kappa shape index (κ2) is 11.0. The van der Waals surface area contributed by atoms with E-state index >= 15 is 0 Å². The molecule has 7 aromatic carbocycles. The fraction of sp³-hybridized carbons (Fsp3) is 0.0227. The quantitative estimate of drug-likeness (QED) is 0.182. The Morgan fingerprint density at radius 1 is 0.583 bits per heavy atom. The van der Waals surface area contributed by atoms with E-state index in [4.69, 9.17) is 4.98 Å². The highest BCUT2D eigenvalue weighted by molar-refractivity contribution is 6.23. The molecule has 0 fully saturated rings. The molecule has 9 rings (SSSR count). The maximum absolute atomic E-state index is 14.6. The summed E-state index contributed by atoms with van der Waals surface area (Å²) in [6, 6.07) is 55.7. The highest BCUT2D eigenvalue weighted by Gasteiger charge is 2.25. The van der Waals surface area contributed by atoms with Gasteiger partial charge in [-0.2, -0.15) is 5.26 Å². The van der Waals surface area contributed by atoms with E-state index in [1.165, 1.54) is 0 Å². The number of hydrogen-bond donors (Lipinski definition) is 0. The Morgan fingerprint density at radius 3 is 1.65 bits per heavy atom. The summed E-state index contributed by atoms with van der Waals surface area (Å²) < 4.78 is 1.70. The van der Waals surface area contributed by atoms with Gasteiger partial charge >= 0.3 is 0 Å². The smallest absolute Gasteiger partial charge is 0.264 e. The minimum Gasteiger partial charge on any atom is -0.268 e. The van der Waals surface area contributed by atoms with Crippen molar-refractivity contribution in [3.05, 3.63) is 190 Å². The zero-order valence-corrected chi connectivity index (χ0v) is 25.8. The van der Waals surface area contributed by atoms with Crippen LogP contribution in [-0.4, -0.2) is 9.38 Å². The second-order valence-electron chi connectivity index (χ2n) is 12.2. The minimum atomic E-state index is -0.177. The van der Waals surface area contributed by atoms with Crippen molar-refractivity contribution in [3.63, 3.8) is 0 Å². The van der Waals surface area contributed by atoms with E-state index in [9.17, 15) is 10.1 Å². The summed E-state index contributed by atoms with van der Waals surface area (Å²) in [6.45, 7) is 0. The average Bonchev–Trinajstić information content (AvgIpc) is 3.53. The predicted molar refractivity (Wildman–Crippen MR) is 195 cm³/mol. The van der Waals surface area contributed by atoms with Crippen molar-refractivity contribution < 1.29 is 0 Å². The Bertz CT molecular complexity index is 2650. The van der Waals surface area contributed by atoms with Crippen LogP contribution in [0.2, 0.25) is 0 Å². The number of pyridine rings is 1. The molecular weight excluding hydrogens is 587 g/mol. The maximum atomic E-state index is 14.6. The highest BCUT2D eigenvalue weighted by atomic mass is 16.1. The van der Waals surface area contributed by atoms with Crippen LogP contribution in [0.3, 0.4) is 0 Å². The summed E-state index contributed by atoms with van der Waals surface area (Å²) in [6.07, 6.45) is 0. The average molecular weight is 614 g/mol. The molecule has 0 radical (unpaired) electrons. The lowest BCUT2D eigenvalue weighted by Gasteiger charge is -2.20. The molecule has 0 amide bonds. The summed E-state index contributed by atoms with van der Waals surface area (Å²) in [5.74, 6) is -0.177. The zero-order chi connectivity index (χ0) is 32.2. The number of benzene rings is 7. The highest BCUT2D eigenvalue weighted by Crippen LogP contribution is 2.42. The Labute approximate surface area is 276 Å². The molecule has 0 bridgehead atoms. The molecule has 4 nitrogen and oxygen atoms in total. The third-order valence-electron chi connectivity index (χ3n) is 9.53. The van der Waals surface area contributed by atoms with Crippen molar-refractivity contribution in [1.29, 1.82) is 5.26 Å². The van der Waals surface area contributed by atoms with Gasteiger partial charge in [0.05, 0.1) is 22.7 Å². The van der Waals surface area contributed by atoms with Gasteiger partial charge in [-0.1, -0.05) is 133 Å². The van der Waals surface area contributed by atoms with Crippen LogP contribution in [0.4, 0.5) is 0 Å². The van der Waals surface area contributed by atoms with Crippen molar-refractivity contribution >= 4 is 38.2 Å². The van der Waals surface area contributed by atoms with E-state index in [0.29, 0.717) is 27.6 Å². The van der Waals surface area contributed by atoms with Gasteiger partial charge in [0, 0.05) is 22.1 Å². The largest absolute Gasteiger partial charge is 0.268 e. The number of aromatic nitrogens is 2. The standard InChI is InChI=1S/C44H27N3O/c45-27-32-25-39-38(26-37(32)40(30-17-9-3-10-18-30)31-19-11-4-12-20-31)46-43-35-23-21-33(28-13-5-1-6-14-28)41-34(29-15-7-2-8-16-29)22-24-36(42(35)41)44(48)47(39)43/h1-26,40H. The van der Waals surface area contributed by atoms with Gasteiger partial charge in [-0.05, 0) is 68.6 Å². The molecule has 2 aromatic heterocycles. The summed E-state index contributed by atoms with van der Waals surface area (Å²) in [4.78, 5) is 19.7. The number of imidazole rings is 1. The molecule has 48 heavy (non-hydrogen) atoms. The molecule has 0 aliphatic carbocycles. The van der Waals surface area contributed by atoms with Crippen LogP contribution >= 0.6 is 0 Å². The van der Waals surface area contributed by atoms with Crippen molar-refractivity contribution in [2.24, 2.45) is 0 Å². The fourth-order valence-electron chi connectivity index (χ4n) is 7.40. The first kappa shape index (κ1) is 27.7. The lowest BCUT2D eigenvalue weighted by Crippen LogP contribution is -2.14. The molecule has 0 spiro atoms. The van der Waals surface area contributed by atoms with E-state index in [-0.39, 0.29) is 11.5 Å². The number of rotatable bonds is 5. The first-order valence-electron chi connectivity index (χ1n) is 16.0. The molecule has 9 aromatic rings. The van der Waals surface area contributed by atoms with Gasteiger partial charge in [0.1, 0.15) is 5.65 Å². The van der Waals surface area contributed by atoms with Crippen molar-refractivity contribution in [1.82, 2.24) is 9.38 Å².